The van der Waals surface area contributed by atoms with Crippen molar-refractivity contribution in [3.63, 3.8) is 0 Å². The second kappa shape index (κ2) is 12.0. The number of aliphatic hydroxyl groups is 1. The van der Waals surface area contributed by atoms with Crippen molar-refractivity contribution in [3.05, 3.63) is 30.5 Å². The molecule has 0 spiro atoms. The first-order valence-electron chi connectivity index (χ1n) is 12.9. The molecule has 2 heterocycles. The minimum Gasteiger partial charge on any atom is -0.393 e. The van der Waals surface area contributed by atoms with E-state index >= 15 is 0 Å². The first-order chi connectivity index (χ1) is 17.8. The highest BCUT2D eigenvalue weighted by molar-refractivity contribution is 7.89. The molecule has 0 radical (unpaired) electrons. The Hall–Kier alpha value is -3.09. The maximum atomic E-state index is 12.6. The number of unbranched alkanes of at least 4 members (excludes halogenated alkanes) is 1. The third-order valence-electron chi connectivity index (χ3n) is 6.51. The van der Waals surface area contributed by atoms with Crippen LogP contribution in [-0.4, -0.2) is 64.9 Å². The molecule has 1 fully saturated rings. The van der Waals surface area contributed by atoms with Crippen LogP contribution in [0.5, 0.6) is 0 Å². The molecule has 0 saturated heterocycles. The van der Waals surface area contributed by atoms with Crippen molar-refractivity contribution < 1.29 is 18.3 Å². The highest BCUT2D eigenvalue weighted by atomic mass is 32.2. The molecular weight excluding hydrogens is 494 g/mol. The monoisotopic (exact) mass is 529 g/mol. The largest absolute Gasteiger partial charge is 0.393 e. The van der Waals surface area contributed by atoms with Gasteiger partial charge in [-0.05, 0) is 51.2 Å². The predicted molar refractivity (Wildman–Crippen MR) is 142 cm³/mol. The van der Waals surface area contributed by atoms with Crippen molar-refractivity contribution in [1.29, 1.82) is 0 Å². The molecule has 4 rings (SSSR count). The normalized spacial score (nSPS) is 18.1. The molecule has 11 nitrogen and oxygen atoms in total. The lowest BCUT2D eigenvalue weighted by Crippen LogP contribution is -2.36. The summed E-state index contributed by atoms with van der Waals surface area (Å²) in [6, 6.07) is 6.50. The summed E-state index contributed by atoms with van der Waals surface area (Å²) in [4.78, 5) is 21.0. The van der Waals surface area contributed by atoms with E-state index < -0.39 is 15.9 Å². The number of amides is 1. The van der Waals surface area contributed by atoms with Crippen LogP contribution in [0.1, 0.15) is 58.4 Å². The Morgan fingerprint density at radius 1 is 1.14 bits per heavy atom. The molecule has 1 aliphatic rings. The summed E-state index contributed by atoms with van der Waals surface area (Å²) in [7, 11) is -3.84. The number of aromatic nitrogens is 4. The highest BCUT2D eigenvalue weighted by Crippen LogP contribution is 2.34. The molecule has 2 aromatic heterocycles. The van der Waals surface area contributed by atoms with E-state index in [1.54, 1.807) is 25.3 Å². The Kier molecular flexibility index (Phi) is 8.72. The van der Waals surface area contributed by atoms with Gasteiger partial charge in [-0.25, -0.2) is 22.8 Å². The number of nitrogens with zero attached hydrogens (tertiary/aromatic N) is 4. The van der Waals surface area contributed by atoms with Crippen molar-refractivity contribution in [2.45, 2.75) is 69.4 Å². The zero-order valence-electron chi connectivity index (χ0n) is 21.3. The maximum Gasteiger partial charge on any atom is 0.241 e. The van der Waals surface area contributed by atoms with E-state index in [2.05, 4.69) is 27.3 Å². The van der Waals surface area contributed by atoms with Crippen LogP contribution >= 0.6 is 0 Å². The van der Waals surface area contributed by atoms with Crippen LogP contribution in [0.15, 0.2) is 35.4 Å². The Morgan fingerprint density at radius 3 is 2.54 bits per heavy atom. The third-order valence-corrected chi connectivity index (χ3v) is 7.93. The van der Waals surface area contributed by atoms with Crippen molar-refractivity contribution >= 4 is 32.9 Å². The van der Waals surface area contributed by atoms with Gasteiger partial charge in [0.15, 0.2) is 5.65 Å². The maximum absolute atomic E-state index is 12.6. The van der Waals surface area contributed by atoms with Crippen molar-refractivity contribution in [2.75, 3.05) is 25.0 Å². The van der Waals surface area contributed by atoms with Crippen LogP contribution in [0, 0.1) is 0 Å². The van der Waals surface area contributed by atoms with E-state index in [9.17, 15) is 18.3 Å². The number of fused-ring (bicyclic) bond motifs is 1. The summed E-state index contributed by atoms with van der Waals surface area (Å²) in [6.07, 6.45) is 6.58. The van der Waals surface area contributed by atoms with E-state index in [4.69, 9.17) is 10.1 Å². The van der Waals surface area contributed by atoms with Gasteiger partial charge in [-0.15, -0.1) is 0 Å². The van der Waals surface area contributed by atoms with Gasteiger partial charge in [0.1, 0.15) is 5.69 Å². The molecule has 0 unspecified atom stereocenters. The Morgan fingerprint density at radius 2 is 1.86 bits per heavy atom. The van der Waals surface area contributed by atoms with Gasteiger partial charge in [0.2, 0.25) is 21.9 Å². The number of benzene rings is 1. The number of carbonyl (C=O) groups excluding carboxylic acids is 1. The fraction of sp³-hybridized carbons (Fsp3) is 0.520. The topological polar surface area (TPSA) is 151 Å². The van der Waals surface area contributed by atoms with E-state index in [0.717, 1.165) is 43.2 Å². The van der Waals surface area contributed by atoms with Gasteiger partial charge in [0, 0.05) is 24.8 Å². The smallest absolute Gasteiger partial charge is 0.241 e. The zero-order chi connectivity index (χ0) is 26.4. The number of rotatable bonds is 11. The number of aliphatic hydroxyl groups excluding tert-OH is 1. The van der Waals surface area contributed by atoms with Gasteiger partial charge in [-0.1, -0.05) is 25.5 Å². The molecule has 3 aromatic rings. The first-order valence-corrected chi connectivity index (χ1v) is 14.3. The summed E-state index contributed by atoms with van der Waals surface area (Å²) < 4.78 is 29.5. The number of carbonyl (C=O) groups is 1. The minimum atomic E-state index is -3.84. The fourth-order valence-corrected chi connectivity index (χ4v) is 5.43. The van der Waals surface area contributed by atoms with Crippen LogP contribution in [0.2, 0.25) is 0 Å². The van der Waals surface area contributed by atoms with Gasteiger partial charge in [0.05, 0.1) is 29.0 Å². The van der Waals surface area contributed by atoms with Crippen LogP contribution in [0.4, 0.5) is 5.95 Å². The van der Waals surface area contributed by atoms with Crippen LogP contribution < -0.4 is 15.4 Å². The number of anilines is 1. The third kappa shape index (κ3) is 6.43. The molecule has 200 valence electrons. The van der Waals surface area contributed by atoms with Crippen LogP contribution in [-0.2, 0) is 14.8 Å². The molecular formula is C25H35N7O4S. The molecule has 0 atom stereocenters. The van der Waals surface area contributed by atoms with E-state index in [0.29, 0.717) is 36.7 Å². The Labute approximate surface area is 217 Å². The van der Waals surface area contributed by atoms with E-state index in [-0.39, 0.29) is 23.6 Å². The summed E-state index contributed by atoms with van der Waals surface area (Å²) in [6.45, 7) is 4.78. The second-order valence-corrected chi connectivity index (χ2v) is 11.0. The Balaban J connectivity index is 1.64. The zero-order valence-corrected chi connectivity index (χ0v) is 22.1. The first kappa shape index (κ1) is 27.0. The van der Waals surface area contributed by atoms with Crippen LogP contribution in [0.25, 0.3) is 22.3 Å². The average Bonchev–Trinajstić information content (AvgIpc) is 3.27. The lowest BCUT2D eigenvalue weighted by Gasteiger charge is -2.25. The van der Waals surface area contributed by atoms with E-state index in [1.165, 1.54) is 12.1 Å². The molecule has 1 saturated carbocycles. The average molecular weight is 530 g/mol. The second-order valence-electron chi connectivity index (χ2n) is 9.27. The molecule has 0 bridgehead atoms. The standard InChI is InChI=1S/C25H35N7O4S/c1-3-5-14-27-25-28-15-21-23(31-32(24(21)30-25)18-8-10-19(33)11-9-18)17-6-12-20(13-7-17)37(35,36)29-16-22(34)26-4-2/h6-7,12-13,15,18-19,29,33H,3-5,8-11,14,16H2,1-2H3,(H,26,34)(H,27,28,30). The molecule has 1 aromatic carbocycles. The minimum absolute atomic E-state index is 0.0595. The van der Waals surface area contributed by atoms with Crippen LogP contribution in [0.3, 0.4) is 0 Å². The number of likely N-dealkylation sites (N-methyl/N-ethyl adjacent to an activating group) is 1. The van der Waals surface area contributed by atoms with Gasteiger partial charge >= 0.3 is 0 Å². The SMILES string of the molecule is CCCCNc1ncc2c(-c3ccc(S(=O)(=O)NCC(=O)NCC)cc3)nn(C3CCC(O)CC3)c2n1. The molecule has 1 aliphatic carbocycles. The molecule has 37 heavy (non-hydrogen) atoms. The van der Waals surface area contributed by atoms with Gasteiger partial charge in [0.25, 0.3) is 0 Å². The Bertz CT molecular complexity index is 1320. The summed E-state index contributed by atoms with van der Waals surface area (Å²) >= 11 is 0. The predicted octanol–water partition coefficient (Wildman–Crippen LogP) is 2.60. The summed E-state index contributed by atoms with van der Waals surface area (Å²) in [5.74, 6) is 0.155. The molecule has 0 aliphatic heterocycles. The fourth-order valence-electron chi connectivity index (χ4n) is 4.45. The van der Waals surface area contributed by atoms with E-state index in [1.807, 2.05) is 4.68 Å². The molecule has 4 N–H and O–H groups in total. The van der Waals surface area contributed by atoms with Gasteiger partial charge < -0.3 is 15.7 Å². The van der Waals surface area contributed by atoms with Gasteiger partial charge in [-0.3, -0.25) is 4.79 Å². The summed E-state index contributed by atoms with van der Waals surface area (Å²) in [5.41, 5.74) is 2.11. The lowest BCUT2D eigenvalue weighted by molar-refractivity contribution is -0.119. The number of nitrogens with one attached hydrogen (secondary N) is 3. The van der Waals surface area contributed by atoms with Crippen molar-refractivity contribution in [3.8, 4) is 11.3 Å². The highest BCUT2D eigenvalue weighted by Gasteiger charge is 2.26. The number of sulfonamides is 1. The molecule has 1 amide bonds. The summed E-state index contributed by atoms with van der Waals surface area (Å²) in [5, 5.41) is 21.5. The molecule has 12 heteroatoms. The number of hydrogen-bond donors (Lipinski definition) is 4. The lowest BCUT2D eigenvalue weighted by atomic mass is 9.93. The number of hydrogen-bond acceptors (Lipinski definition) is 8. The van der Waals surface area contributed by atoms with Gasteiger partial charge in [-0.2, -0.15) is 10.1 Å². The quantitative estimate of drug-likeness (QED) is 0.277. The van der Waals surface area contributed by atoms with Crippen molar-refractivity contribution in [1.82, 2.24) is 29.8 Å². The van der Waals surface area contributed by atoms with Crippen molar-refractivity contribution in [2.24, 2.45) is 0 Å².